The molecule has 0 unspecified atom stereocenters. The molecule has 8 heteroatoms. The molecule has 7 nitrogen and oxygen atoms in total. The molecular formula is C46H34N6OPt. The summed E-state index contributed by atoms with van der Waals surface area (Å²) in [5.74, 6) is 1.13. The maximum absolute atomic E-state index is 6.58. The second-order valence-corrected chi connectivity index (χ2v) is 14.2. The summed E-state index contributed by atoms with van der Waals surface area (Å²) in [6.45, 7) is 12.9. The van der Waals surface area contributed by atoms with Crippen molar-refractivity contribution in [2.45, 2.75) is 41.5 Å². The zero-order chi connectivity index (χ0) is 36.1. The van der Waals surface area contributed by atoms with E-state index in [2.05, 4.69) is 117 Å². The van der Waals surface area contributed by atoms with Crippen LogP contribution in [0.15, 0.2) is 97.6 Å². The Balaban J connectivity index is 0.00000384. The van der Waals surface area contributed by atoms with E-state index in [4.69, 9.17) is 24.7 Å². The van der Waals surface area contributed by atoms with Gasteiger partial charge in [0.15, 0.2) is 0 Å². The molecule has 10 aromatic rings. The number of aryl methyl sites for hydroxylation is 6. The van der Waals surface area contributed by atoms with E-state index in [1.54, 1.807) is 0 Å². The Hall–Kier alpha value is -5.91. The minimum Gasteiger partial charge on any atom is -0.497 e. The fourth-order valence-electron chi connectivity index (χ4n) is 8.49. The first-order valence-corrected chi connectivity index (χ1v) is 17.8. The van der Waals surface area contributed by atoms with Gasteiger partial charge in [0, 0.05) is 47.4 Å². The van der Waals surface area contributed by atoms with Gasteiger partial charge in [0.1, 0.15) is 5.65 Å². The van der Waals surface area contributed by atoms with Gasteiger partial charge < -0.3 is 13.5 Å². The second kappa shape index (κ2) is 12.6. The van der Waals surface area contributed by atoms with Gasteiger partial charge in [-0.05, 0) is 87.4 Å². The molecule has 54 heavy (non-hydrogen) atoms. The Morgan fingerprint density at radius 3 is 1.91 bits per heavy atom. The number of rotatable bonds is 4. The van der Waals surface area contributed by atoms with E-state index >= 15 is 0 Å². The maximum atomic E-state index is 6.58. The van der Waals surface area contributed by atoms with Crippen LogP contribution in [-0.4, -0.2) is 28.7 Å². The maximum Gasteiger partial charge on any atom is 2.00 e. The summed E-state index contributed by atoms with van der Waals surface area (Å²) in [6.07, 6.45) is 7.74. The smallest absolute Gasteiger partial charge is 0.497 e. The summed E-state index contributed by atoms with van der Waals surface area (Å²) in [6, 6.07) is 32.2. The molecule has 264 valence electrons. The normalized spacial score (nSPS) is 11.7. The van der Waals surface area contributed by atoms with Crippen molar-refractivity contribution >= 4 is 54.9 Å². The number of imidazole rings is 2. The van der Waals surface area contributed by atoms with Crippen LogP contribution in [0.25, 0.3) is 77.4 Å². The zero-order valence-corrected chi connectivity index (χ0v) is 32.9. The summed E-state index contributed by atoms with van der Waals surface area (Å²) in [5.41, 5.74) is 15.8. The second-order valence-electron chi connectivity index (χ2n) is 14.2. The van der Waals surface area contributed by atoms with Crippen LogP contribution < -0.4 is 4.74 Å². The van der Waals surface area contributed by atoms with Crippen LogP contribution in [0.5, 0.6) is 11.5 Å². The predicted molar refractivity (Wildman–Crippen MR) is 213 cm³/mol. The Morgan fingerprint density at radius 2 is 1.20 bits per heavy atom. The standard InChI is InChI=1S/C46H34N6O.Pt/c1-25-17-27(3)41(28(4)18-25)38-24-51-39-10-8-15-47-43(39)34-14-12-32(22-37(34)46(51)50-38)53-31-11-13-33-35-9-7-16-48-44(35)52-40(23-49-45(52)36(33)21-31)42-29(5)19-26(2)20-30(42)6;/h7-20,23-24H,1-6H3;/q-2;+2. The topological polar surface area (TPSA) is 69.6 Å². The van der Waals surface area contributed by atoms with Crippen LogP contribution >= 0.6 is 0 Å². The molecule has 0 bridgehead atoms. The number of aromatic nitrogens is 6. The Labute approximate surface area is 326 Å². The van der Waals surface area contributed by atoms with Crippen LogP contribution in [0.4, 0.5) is 0 Å². The molecule has 0 N–H and O–H groups in total. The predicted octanol–water partition coefficient (Wildman–Crippen LogP) is 11.0. The Morgan fingerprint density at radius 1 is 0.593 bits per heavy atom. The third-order valence-electron chi connectivity index (χ3n) is 10.4. The molecule has 6 aromatic heterocycles. The minimum atomic E-state index is 0. The van der Waals surface area contributed by atoms with Crippen molar-refractivity contribution in [3.8, 4) is 34.0 Å². The first-order valence-electron chi connectivity index (χ1n) is 17.8. The van der Waals surface area contributed by atoms with E-state index in [9.17, 15) is 0 Å². The minimum absolute atomic E-state index is 0. The third-order valence-corrected chi connectivity index (χ3v) is 10.4. The van der Waals surface area contributed by atoms with Crippen molar-refractivity contribution < 1.29 is 25.8 Å². The van der Waals surface area contributed by atoms with Crippen molar-refractivity contribution in [2.75, 3.05) is 0 Å². The molecule has 10 rings (SSSR count). The van der Waals surface area contributed by atoms with Gasteiger partial charge in [-0.25, -0.2) is 4.98 Å². The number of nitrogens with zero attached hydrogens (tertiary/aromatic N) is 6. The zero-order valence-electron chi connectivity index (χ0n) is 30.6. The van der Waals surface area contributed by atoms with Crippen molar-refractivity contribution in [3.63, 3.8) is 0 Å². The number of pyridine rings is 4. The van der Waals surface area contributed by atoms with Gasteiger partial charge in [-0.1, -0.05) is 87.3 Å². The van der Waals surface area contributed by atoms with E-state index in [-0.39, 0.29) is 21.1 Å². The summed E-state index contributed by atoms with van der Waals surface area (Å²) >= 11 is 0. The van der Waals surface area contributed by atoms with E-state index < -0.39 is 0 Å². The molecular weight excluding hydrogens is 848 g/mol. The van der Waals surface area contributed by atoms with Gasteiger partial charge in [0.2, 0.25) is 0 Å². The average molecular weight is 882 g/mol. The third kappa shape index (κ3) is 5.13. The van der Waals surface area contributed by atoms with Gasteiger partial charge in [0.05, 0.1) is 33.7 Å². The van der Waals surface area contributed by atoms with E-state index in [1.807, 2.05) is 42.9 Å². The molecule has 6 heterocycles. The SMILES string of the molecule is Cc1cc(C)c(-c2cn3c4cccnc4c4ccc(Oc5[c-]c6c(cc5)c5cccnc5n5c(-c7c(C)cc(C)cc7C)cnc65)[c-]c4c3n2)c(C)c1.[Pt+2]. The molecule has 0 aliphatic carbocycles. The van der Waals surface area contributed by atoms with Gasteiger partial charge >= 0.3 is 21.1 Å². The van der Waals surface area contributed by atoms with Gasteiger partial charge in [-0.15, -0.1) is 12.1 Å². The van der Waals surface area contributed by atoms with E-state index in [0.29, 0.717) is 11.5 Å². The van der Waals surface area contributed by atoms with Gasteiger partial charge in [-0.3, -0.25) is 15.0 Å². The quantitative estimate of drug-likeness (QED) is 0.130. The molecule has 0 radical (unpaired) electrons. The van der Waals surface area contributed by atoms with Crippen LogP contribution in [0, 0.1) is 53.7 Å². The molecule has 0 saturated heterocycles. The average Bonchev–Trinajstić information content (AvgIpc) is 3.77. The number of benzene rings is 4. The van der Waals surface area contributed by atoms with Gasteiger partial charge in [0.25, 0.3) is 0 Å². The van der Waals surface area contributed by atoms with Crippen LogP contribution in [0.2, 0.25) is 0 Å². The molecule has 0 aliphatic rings. The molecule has 0 aliphatic heterocycles. The summed E-state index contributed by atoms with van der Waals surface area (Å²) in [5, 5.41) is 4.69. The monoisotopic (exact) mass is 881 g/mol. The molecule has 0 atom stereocenters. The number of ether oxygens (including phenoxy) is 1. The molecule has 0 amide bonds. The first kappa shape index (κ1) is 33.9. The molecule has 0 spiro atoms. The summed E-state index contributed by atoms with van der Waals surface area (Å²) in [4.78, 5) is 19.9. The van der Waals surface area contributed by atoms with E-state index in [1.165, 1.54) is 33.4 Å². The molecule has 0 saturated carbocycles. The van der Waals surface area contributed by atoms with Crippen molar-refractivity contribution in [3.05, 3.63) is 143 Å². The first-order chi connectivity index (χ1) is 25.7. The molecule has 4 aromatic carbocycles. The fraction of sp³-hybridized carbons (Fsp3) is 0.130. The fourth-order valence-corrected chi connectivity index (χ4v) is 8.49. The van der Waals surface area contributed by atoms with Gasteiger partial charge in [-0.2, -0.15) is 0 Å². The van der Waals surface area contributed by atoms with Crippen LogP contribution in [-0.2, 0) is 21.1 Å². The van der Waals surface area contributed by atoms with Crippen LogP contribution in [0.3, 0.4) is 0 Å². The van der Waals surface area contributed by atoms with Crippen LogP contribution in [0.1, 0.15) is 33.4 Å². The number of fused-ring (bicyclic) bond motifs is 12. The van der Waals surface area contributed by atoms with Crippen molar-refractivity contribution in [1.29, 1.82) is 0 Å². The largest absolute Gasteiger partial charge is 2.00 e. The van der Waals surface area contributed by atoms with Crippen molar-refractivity contribution in [2.24, 2.45) is 0 Å². The molecule has 0 fully saturated rings. The van der Waals surface area contributed by atoms with Crippen molar-refractivity contribution in [1.82, 2.24) is 28.7 Å². The summed E-state index contributed by atoms with van der Waals surface area (Å²) < 4.78 is 10.9. The summed E-state index contributed by atoms with van der Waals surface area (Å²) in [7, 11) is 0. The Kier molecular flexibility index (Phi) is 7.91. The number of hydrogen-bond acceptors (Lipinski definition) is 5. The number of hydrogen-bond donors (Lipinski definition) is 0. The van der Waals surface area contributed by atoms with E-state index in [0.717, 1.165) is 77.4 Å². The Bertz CT molecular complexity index is 3080.